The molecule has 18 heavy (non-hydrogen) atoms. The second kappa shape index (κ2) is 4.72. The van der Waals surface area contributed by atoms with Gasteiger partial charge in [0.25, 0.3) is 0 Å². The minimum absolute atomic E-state index is 0.150. The van der Waals surface area contributed by atoms with Crippen molar-refractivity contribution in [3.8, 4) is 0 Å². The summed E-state index contributed by atoms with van der Waals surface area (Å²) in [5, 5.41) is 10.6. The largest absolute Gasteiger partial charge is 0.393 e. The zero-order valence-electron chi connectivity index (χ0n) is 10.3. The van der Waals surface area contributed by atoms with Gasteiger partial charge in [0, 0.05) is 18.6 Å². The highest BCUT2D eigenvalue weighted by Gasteiger charge is 2.41. The first-order valence-corrected chi connectivity index (χ1v) is 7.02. The Morgan fingerprint density at radius 3 is 2.56 bits per heavy atom. The number of benzene rings is 1. The number of aliphatic hydroxyl groups is 1. The standard InChI is InChI=1S/C14H19ClN2O/c15-13-3-1-2-9(8-16)14(13)17-10-4-5-11(17)7-12(18)6-10/h1-3,10-12,18H,4-8,16H2. The van der Waals surface area contributed by atoms with Gasteiger partial charge in [-0.1, -0.05) is 23.7 Å². The monoisotopic (exact) mass is 266 g/mol. The van der Waals surface area contributed by atoms with Gasteiger partial charge in [0.15, 0.2) is 0 Å². The van der Waals surface area contributed by atoms with Gasteiger partial charge in [0.05, 0.1) is 16.8 Å². The van der Waals surface area contributed by atoms with Crippen LogP contribution in [0.5, 0.6) is 0 Å². The van der Waals surface area contributed by atoms with Crippen molar-refractivity contribution in [1.82, 2.24) is 0 Å². The van der Waals surface area contributed by atoms with Gasteiger partial charge < -0.3 is 15.7 Å². The molecule has 0 aliphatic carbocycles. The molecule has 3 N–H and O–H groups in total. The van der Waals surface area contributed by atoms with E-state index in [0.29, 0.717) is 18.6 Å². The maximum Gasteiger partial charge on any atom is 0.0643 e. The van der Waals surface area contributed by atoms with Gasteiger partial charge in [-0.25, -0.2) is 0 Å². The third-order valence-corrected chi connectivity index (χ3v) is 4.56. The van der Waals surface area contributed by atoms with Crippen molar-refractivity contribution in [3.05, 3.63) is 28.8 Å². The van der Waals surface area contributed by atoms with Crippen LogP contribution in [0.1, 0.15) is 31.2 Å². The van der Waals surface area contributed by atoms with Crippen LogP contribution in [0.2, 0.25) is 5.02 Å². The van der Waals surface area contributed by atoms with Crippen LogP contribution < -0.4 is 10.6 Å². The van der Waals surface area contributed by atoms with Crippen LogP contribution in [0.4, 0.5) is 5.69 Å². The molecule has 2 atom stereocenters. The van der Waals surface area contributed by atoms with Crippen LogP contribution in [-0.4, -0.2) is 23.3 Å². The molecule has 2 aliphatic heterocycles. The number of fused-ring (bicyclic) bond motifs is 2. The smallest absolute Gasteiger partial charge is 0.0643 e. The summed E-state index contributed by atoms with van der Waals surface area (Å²) < 4.78 is 0. The second-order valence-corrected chi connectivity index (χ2v) is 5.78. The van der Waals surface area contributed by atoms with E-state index in [1.54, 1.807) is 0 Å². The fourth-order valence-corrected chi connectivity index (χ4v) is 3.82. The van der Waals surface area contributed by atoms with Crippen molar-refractivity contribution in [2.45, 2.75) is 50.4 Å². The Morgan fingerprint density at radius 1 is 1.28 bits per heavy atom. The fraction of sp³-hybridized carbons (Fsp3) is 0.571. The van der Waals surface area contributed by atoms with E-state index in [1.807, 2.05) is 18.2 Å². The van der Waals surface area contributed by atoms with Gasteiger partial charge in [0.1, 0.15) is 0 Å². The number of anilines is 1. The van der Waals surface area contributed by atoms with Crippen LogP contribution in [0, 0.1) is 0 Å². The Labute approximate surface area is 113 Å². The summed E-state index contributed by atoms with van der Waals surface area (Å²) in [6.07, 6.45) is 3.85. The van der Waals surface area contributed by atoms with Crippen molar-refractivity contribution in [2.24, 2.45) is 5.73 Å². The molecule has 1 aromatic carbocycles. The Morgan fingerprint density at radius 2 is 1.94 bits per heavy atom. The molecule has 0 radical (unpaired) electrons. The molecule has 0 spiro atoms. The summed E-state index contributed by atoms with van der Waals surface area (Å²) >= 11 is 6.38. The third-order valence-electron chi connectivity index (χ3n) is 4.26. The SMILES string of the molecule is NCc1cccc(Cl)c1N1C2CCC1CC(O)C2. The summed E-state index contributed by atoms with van der Waals surface area (Å²) in [5.41, 5.74) is 8.04. The zero-order valence-corrected chi connectivity index (χ0v) is 11.1. The molecule has 3 nitrogen and oxygen atoms in total. The lowest BCUT2D eigenvalue weighted by Gasteiger charge is -2.40. The van der Waals surface area contributed by atoms with Gasteiger partial charge in [-0.05, 0) is 37.3 Å². The molecule has 98 valence electrons. The van der Waals surface area contributed by atoms with Gasteiger partial charge >= 0.3 is 0 Å². The maximum atomic E-state index is 9.87. The zero-order chi connectivity index (χ0) is 12.7. The van der Waals surface area contributed by atoms with Crippen molar-refractivity contribution < 1.29 is 5.11 Å². The van der Waals surface area contributed by atoms with E-state index in [-0.39, 0.29) is 6.10 Å². The number of halogens is 1. The molecule has 2 saturated heterocycles. The van der Waals surface area contributed by atoms with Crippen LogP contribution in [-0.2, 0) is 6.54 Å². The molecule has 2 aliphatic rings. The number of nitrogens with zero attached hydrogens (tertiary/aromatic N) is 1. The number of hydrogen-bond donors (Lipinski definition) is 2. The van der Waals surface area contributed by atoms with E-state index in [2.05, 4.69) is 4.90 Å². The molecule has 0 aromatic heterocycles. The first-order chi connectivity index (χ1) is 8.70. The highest BCUT2D eigenvalue weighted by atomic mass is 35.5. The van der Waals surface area contributed by atoms with Gasteiger partial charge in [-0.15, -0.1) is 0 Å². The Bertz CT molecular complexity index is 437. The second-order valence-electron chi connectivity index (χ2n) is 5.37. The van der Waals surface area contributed by atoms with Crippen LogP contribution in [0.15, 0.2) is 18.2 Å². The number of hydrogen-bond acceptors (Lipinski definition) is 3. The first kappa shape index (κ1) is 12.3. The number of nitrogens with two attached hydrogens (primary N) is 1. The summed E-state index contributed by atoms with van der Waals surface area (Å²) in [5.74, 6) is 0. The van der Waals surface area contributed by atoms with Crippen molar-refractivity contribution in [3.63, 3.8) is 0 Å². The average molecular weight is 267 g/mol. The molecule has 3 rings (SSSR count). The summed E-state index contributed by atoms with van der Waals surface area (Å²) in [6.45, 7) is 0.508. The van der Waals surface area contributed by atoms with E-state index < -0.39 is 0 Å². The number of rotatable bonds is 2. The molecule has 0 amide bonds. The Kier molecular flexibility index (Phi) is 3.22. The highest BCUT2D eigenvalue weighted by molar-refractivity contribution is 6.33. The molecule has 1 aromatic rings. The topological polar surface area (TPSA) is 49.5 Å². The molecule has 2 bridgehead atoms. The molecule has 2 fully saturated rings. The predicted octanol–water partition coefficient (Wildman–Crippen LogP) is 2.29. The summed E-state index contributed by atoms with van der Waals surface area (Å²) in [7, 11) is 0. The molecule has 2 heterocycles. The molecular weight excluding hydrogens is 248 g/mol. The number of piperidine rings is 1. The molecular formula is C14H19ClN2O. The van der Waals surface area contributed by atoms with E-state index in [1.165, 1.54) is 0 Å². The predicted molar refractivity (Wildman–Crippen MR) is 73.9 cm³/mol. The molecule has 2 unspecified atom stereocenters. The lowest BCUT2D eigenvalue weighted by Crippen LogP contribution is -2.45. The summed E-state index contributed by atoms with van der Waals surface area (Å²) in [4.78, 5) is 2.41. The van der Waals surface area contributed by atoms with E-state index in [4.69, 9.17) is 17.3 Å². The third kappa shape index (κ3) is 1.91. The number of aliphatic hydroxyl groups excluding tert-OH is 1. The maximum absolute atomic E-state index is 9.87. The van der Waals surface area contributed by atoms with E-state index in [9.17, 15) is 5.11 Å². The van der Waals surface area contributed by atoms with Gasteiger partial charge in [-0.2, -0.15) is 0 Å². The Balaban J connectivity index is 2.01. The van der Waals surface area contributed by atoms with Crippen molar-refractivity contribution in [2.75, 3.05) is 4.90 Å². The minimum atomic E-state index is -0.150. The quantitative estimate of drug-likeness (QED) is 0.864. The minimum Gasteiger partial charge on any atom is -0.393 e. The first-order valence-electron chi connectivity index (χ1n) is 6.64. The molecule has 4 heteroatoms. The van der Waals surface area contributed by atoms with Crippen molar-refractivity contribution >= 4 is 17.3 Å². The van der Waals surface area contributed by atoms with Crippen molar-refractivity contribution in [1.29, 1.82) is 0 Å². The van der Waals surface area contributed by atoms with E-state index >= 15 is 0 Å². The lowest BCUT2D eigenvalue weighted by atomic mass is 9.98. The number of para-hydroxylation sites is 1. The molecule has 0 saturated carbocycles. The van der Waals surface area contributed by atoms with Gasteiger partial charge in [-0.3, -0.25) is 0 Å². The van der Waals surface area contributed by atoms with Crippen LogP contribution >= 0.6 is 11.6 Å². The summed E-state index contributed by atoms with van der Waals surface area (Å²) in [6, 6.07) is 6.77. The Hall–Kier alpha value is -0.770. The normalized spacial score (nSPS) is 30.8. The lowest BCUT2D eigenvalue weighted by molar-refractivity contribution is 0.126. The van der Waals surface area contributed by atoms with Crippen LogP contribution in [0.3, 0.4) is 0 Å². The average Bonchev–Trinajstić information content (AvgIpc) is 2.61. The highest BCUT2D eigenvalue weighted by Crippen LogP contribution is 2.43. The van der Waals surface area contributed by atoms with E-state index in [0.717, 1.165) is 42.0 Å². The van der Waals surface area contributed by atoms with Gasteiger partial charge in [0.2, 0.25) is 0 Å². The fourth-order valence-electron chi connectivity index (χ4n) is 3.53. The van der Waals surface area contributed by atoms with Crippen LogP contribution in [0.25, 0.3) is 0 Å².